The molecule has 1 amide bonds. The van der Waals surface area contributed by atoms with Crippen molar-refractivity contribution >= 4 is 54.2 Å². The first-order chi connectivity index (χ1) is 16.8. The van der Waals surface area contributed by atoms with Crippen LogP contribution in [-0.2, 0) is 21.4 Å². The number of fused-ring (bicyclic) bond motifs is 1. The van der Waals surface area contributed by atoms with Gasteiger partial charge in [0.25, 0.3) is 0 Å². The molecule has 1 atom stereocenters. The zero-order chi connectivity index (χ0) is 24.6. The molecular weight excluding hydrogens is 513 g/mol. The van der Waals surface area contributed by atoms with E-state index in [4.69, 9.17) is 16.0 Å². The zero-order valence-electron chi connectivity index (χ0n) is 18.4. The van der Waals surface area contributed by atoms with Gasteiger partial charge in [-0.05, 0) is 67.4 Å². The van der Waals surface area contributed by atoms with E-state index in [-0.39, 0.29) is 23.9 Å². The summed E-state index contributed by atoms with van der Waals surface area (Å²) in [5.41, 5.74) is 0.718. The van der Waals surface area contributed by atoms with Gasteiger partial charge in [0.05, 0.1) is 33.8 Å². The van der Waals surface area contributed by atoms with Crippen molar-refractivity contribution in [1.29, 1.82) is 0 Å². The van der Waals surface area contributed by atoms with Crippen LogP contribution in [0.4, 0.5) is 9.52 Å². The van der Waals surface area contributed by atoms with Crippen LogP contribution in [0.1, 0.15) is 18.6 Å². The van der Waals surface area contributed by atoms with E-state index in [1.165, 1.54) is 34.0 Å². The lowest BCUT2D eigenvalue weighted by molar-refractivity contribution is -0.123. The lowest BCUT2D eigenvalue weighted by Gasteiger charge is -2.33. The number of furan rings is 1. The Morgan fingerprint density at radius 1 is 1.23 bits per heavy atom. The van der Waals surface area contributed by atoms with E-state index in [0.717, 1.165) is 22.3 Å². The second-order valence-electron chi connectivity index (χ2n) is 8.27. The average molecular weight is 534 g/mol. The number of hydrogen-bond donors (Lipinski definition) is 0. The molecule has 4 aromatic rings. The van der Waals surface area contributed by atoms with Gasteiger partial charge < -0.3 is 4.42 Å². The van der Waals surface area contributed by atoms with Crippen molar-refractivity contribution in [3.05, 3.63) is 77.5 Å². The molecule has 0 aliphatic carbocycles. The SMILES string of the molecule is O=C(C1CCCN(S(=O)(=O)c2ccc(F)cc2)C1)N(Cc1ccco1)c1nc2ccc(Cl)cc2s1. The van der Waals surface area contributed by atoms with Crippen LogP contribution in [0.5, 0.6) is 0 Å². The van der Waals surface area contributed by atoms with Crippen LogP contribution in [0.3, 0.4) is 0 Å². The number of carbonyl (C=O) groups excluding carboxylic acids is 1. The Labute approximate surface area is 210 Å². The number of aromatic nitrogens is 1. The summed E-state index contributed by atoms with van der Waals surface area (Å²) in [5, 5.41) is 1.06. The fourth-order valence-corrected chi connectivity index (χ4v) is 6.91. The summed E-state index contributed by atoms with van der Waals surface area (Å²) in [6.07, 6.45) is 2.61. The molecule has 0 radical (unpaired) electrons. The first kappa shape index (κ1) is 23.9. The quantitative estimate of drug-likeness (QED) is 0.335. The summed E-state index contributed by atoms with van der Waals surface area (Å²) in [4.78, 5) is 20.0. The van der Waals surface area contributed by atoms with Crippen LogP contribution in [0.15, 0.2) is 70.2 Å². The molecule has 1 aliphatic heterocycles. The van der Waals surface area contributed by atoms with Gasteiger partial charge >= 0.3 is 0 Å². The number of rotatable bonds is 6. The minimum absolute atomic E-state index is 0.00231. The standard InChI is InChI=1S/C24H21ClFN3O4S2/c25-17-5-10-21-22(13-17)34-24(27-21)29(15-19-4-2-12-33-19)23(30)16-3-1-11-28(14-16)35(31,32)20-8-6-18(26)7-9-20/h2,4-10,12-13,16H,1,3,11,14-15H2. The van der Waals surface area contributed by atoms with Crippen LogP contribution >= 0.6 is 22.9 Å². The van der Waals surface area contributed by atoms with Crippen molar-refractivity contribution in [3.63, 3.8) is 0 Å². The van der Waals surface area contributed by atoms with Crippen LogP contribution < -0.4 is 4.90 Å². The molecule has 0 saturated carbocycles. The number of piperidine rings is 1. The van der Waals surface area contributed by atoms with E-state index in [1.54, 1.807) is 35.2 Å². The molecule has 3 heterocycles. The van der Waals surface area contributed by atoms with Crippen LogP contribution in [0.2, 0.25) is 5.02 Å². The Morgan fingerprint density at radius 3 is 2.77 bits per heavy atom. The lowest BCUT2D eigenvalue weighted by atomic mass is 9.98. The molecule has 0 bridgehead atoms. The lowest BCUT2D eigenvalue weighted by Crippen LogP contribution is -2.46. The molecule has 0 spiro atoms. The highest BCUT2D eigenvalue weighted by atomic mass is 35.5. The van der Waals surface area contributed by atoms with Crippen LogP contribution in [0.25, 0.3) is 10.2 Å². The molecule has 0 N–H and O–H groups in total. The number of hydrogen-bond acceptors (Lipinski definition) is 6. The van der Waals surface area contributed by atoms with Gasteiger partial charge in [0, 0.05) is 18.1 Å². The third kappa shape index (κ3) is 4.97. The van der Waals surface area contributed by atoms with Crippen molar-refractivity contribution in [3.8, 4) is 0 Å². The zero-order valence-corrected chi connectivity index (χ0v) is 20.8. The molecule has 1 unspecified atom stereocenters. The predicted octanol–water partition coefficient (Wildman–Crippen LogP) is 5.32. The minimum Gasteiger partial charge on any atom is -0.467 e. The molecule has 35 heavy (non-hydrogen) atoms. The Balaban J connectivity index is 1.43. The highest BCUT2D eigenvalue weighted by molar-refractivity contribution is 7.89. The van der Waals surface area contributed by atoms with Gasteiger partial charge in [-0.1, -0.05) is 22.9 Å². The van der Waals surface area contributed by atoms with Crippen LogP contribution in [0, 0.1) is 11.7 Å². The average Bonchev–Trinajstić information content (AvgIpc) is 3.52. The summed E-state index contributed by atoms with van der Waals surface area (Å²) in [7, 11) is -3.86. The topological polar surface area (TPSA) is 83.7 Å². The van der Waals surface area contributed by atoms with Crippen molar-refractivity contribution in [2.75, 3.05) is 18.0 Å². The van der Waals surface area contributed by atoms with Crippen molar-refractivity contribution in [2.24, 2.45) is 5.92 Å². The number of benzene rings is 2. The van der Waals surface area contributed by atoms with Crippen molar-refractivity contribution in [1.82, 2.24) is 9.29 Å². The molecule has 5 rings (SSSR count). The smallest absolute Gasteiger partial charge is 0.243 e. The minimum atomic E-state index is -3.86. The molecule has 182 valence electrons. The van der Waals surface area contributed by atoms with Gasteiger partial charge in [0.2, 0.25) is 15.9 Å². The van der Waals surface area contributed by atoms with E-state index in [0.29, 0.717) is 35.3 Å². The third-order valence-electron chi connectivity index (χ3n) is 5.91. The van der Waals surface area contributed by atoms with E-state index < -0.39 is 21.8 Å². The first-order valence-corrected chi connectivity index (χ1v) is 13.6. The Bertz CT molecular complexity index is 1460. The highest BCUT2D eigenvalue weighted by Crippen LogP contribution is 2.34. The fourth-order valence-electron chi connectivity index (χ4n) is 4.14. The molecule has 1 aliphatic rings. The van der Waals surface area contributed by atoms with Gasteiger partial charge in [0.15, 0.2) is 5.13 Å². The van der Waals surface area contributed by atoms with Gasteiger partial charge in [-0.25, -0.2) is 17.8 Å². The Morgan fingerprint density at radius 2 is 2.03 bits per heavy atom. The summed E-state index contributed by atoms with van der Waals surface area (Å²) < 4.78 is 47.2. The van der Waals surface area contributed by atoms with Gasteiger partial charge in [-0.2, -0.15) is 4.31 Å². The van der Waals surface area contributed by atoms with Crippen molar-refractivity contribution in [2.45, 2.75) is 24.3 Å². The van der Waals surface area contributed by atoms with Gasteiger partial charge in [-0.3, -0.25) is 9.69 Å². The van der Waals surface area contributed by atoms with Gasteiger partial charge in [-0.15, -0.1) is 0 Å². The van der Waals surface area contributed by atoms with Gasteiger partial charge in [0.1, 0.15) is 11.6 Å². The number of sulfonamides is 1. The summed E-state index contributed by atoms with van der Waals surface area (Å²) in [5.74, 6) is -0.723. The molecule has 1 fully saturated rings. The monoisotopic (exact) mass is 533 g/mol. The second kappa shape index (κ2) is 9.69. The first-order valence-electron chi connectivity index (χ1n) is 11.0. The van der Waals surface area contributed by atoms with E-state index in [9.17, 15) is 17.6 Å². The number of nitrogens with zero attached hydrogens (tertiary/aromatic N) is 3. The molecule has 1 saturated heterocycles. The molecular formula is C24H21ClFN3O4S2. The van der Waals surface area contributed by atoms with E-state index in [2.05, 4.69) is 4.98 Å². The Kier molecular flexibility index (Phi) is 6.63. The maximum absolute atomic E-state index is 13.8. The number of thiazole rings is 1. The maximum atomic E-state index is 13.8. The predicted molar refractivity (Wildman–Crippen MR) is 132 cm³/mol. The normalized spacial score (nSPS) is 17.0. The number of amides is 1. The molecule has 7 nitrogen and oxygen atoms in total. The van der Waals surface area contributed by atoms with Crippen molar-refractivity contribution < 1.29 is 22.0 Å². The second-order valence-corrected chi connectivity index (χ2v) is 11.7. The number of anilines is 1. The Hall–Kier alpha value is -2.79. The number of carbonyl (C=O) groups is 1. The summed E-state index contributed by atoms with van der Waals surface area (Å²) in [6, 6.07) is 13.6. The third-order valence-corrected chi connectivity index (χ3v) is 9.07. The molecule has 2 aromatic heterocycles. The molecule has 2 aromatic carbocycles. The fraction of sp³-hybridized carbons (Fsp3) is 0.250. The summed E-state index contributed by atoms with van der Waals surface area (Å²) in [6.45, 7) is 0.492. The molecule has 11 heteroatoms. The maximum Gasteiger partial charge on any atom is 0.243 e. The highest BCUT2D eigenvalue weighted by Gasteiger charge is 2.36. The van der Waals surface area contributed by atoms with E-state index in [1.807, 2.05) is 0 Å². The largest absolute Gasteiger partial charge is 0.467 e. The summed E-state index contributed by atoms with van der Waals surface area (Å²) >= 11 is 7.46. The van der Waals surface area contributed by atoms with E-state index >= 15 is 0 Å². The number of halogens is 2. The van der Waals surface area contributed by atoms with Crippen LogP contribution in [-0.4, -0.2) is 36.7 Å².